The van der Waals surface area contributed by atoms with Gasteiger partial charge in [-0.2, -0.15) is 0 Å². The first-order valence-corrected chi connectivity index (χ1v) is 15.4. The van der Waals surface area contributed by atoms with Crippen molar-refractivity contribution in [2.75, 3.05) is 6.61 Å². The van der Waals surface area contributed by atoms with Gasteiger partial charge in [0.25, 0.3) is 5.91 Å². The summed E-state index contributed by atoms with van der Waals surface area (Å²) in [6.45, 7) is 17.2. The summed E-state index contributed by atoms with van der Waals surface area (Å²) in [5, 5.41) is 0.0425. The summed E-state index contributed by atoms with van der Waals surface area (Å²) in [5.74, 6) is -0.823. The molecule has 0 aliphatic carbocycles. The van der Waals surface area contributed by atoms with Crippen molar-refractivity contribution in [3.8, 4) is 0 Å². The van der Waals surface area contributed by atoms with E-state index in [1.165, 1.54) is 23.8 Å². The zero-order valence-electron chi connectivity index (χ0n) is 22.8. The minimum atomic E-state index is -2.04. The molecular formula is C29H39NO5Si. The van der Waals surface area contributed by atoms with Crippen LogP contribution in [0.25, 0.3) is 0 Å². The molecule has 1 atom stereocenters. The van der Waals surface area contributed by atoms with E-state index in [0.717, 1.165) is 5.56 Å². The lowest BCUT2D eigenvalue weighted by Crippen LogP contribution is -2.50. The predicted molar refractivity (Wildman–Crippen MR) is 144 cm³/mol. The van der Waals surface area contributed by atoms with Crippen LogP contribution in [0.3, 0.4) is 0 Å². The van der Waals surface area contributed by atoms with Crippen LogP contribution in [0.1, 0.15) is 83.7 Å². The number of amides is 1. The minimum absolute atomic E-state index is 0.0425. The van der Waals surface area contributed by atoms with Gasteiger partial charge >= 0.3 is 5.97 Å². The van der Waals surface area contributed by atoms with E-state index >= 15 is 0 Å². The first kappa shape index (κ1) is 27.8. The van der Waals surface area contributed by atoms with Gasteiger partial charge in [-0.3, -0.25) is 9.59 Å². The molecular weight excluding hydrogens is 470 g/mol. The normalized spacial score (nSPS) is 16.3. The Morgan fingerprint density at radius 1 is 1.03 bits per heavy atom. The van der Waals surface area contributed by atoms with Crippen molar-refractivity contribution in [2.24, 2.45) is 0 Å². The molecule has 0 aromatic heterocycles. The third-order valence-corrected chi connectivity index (χ3v) is 11.6. The average Bonchev–Trinajstić information content (AvgIpc) is 2.79. The number of carbonyl (C=O) groups is 3. The summed E-state index contributed by atoms with van der Waals surface area (Å²) >= 11 is 0. The molecule has 2 aromatic carbocycles. The number of fused-ring (bicyclic) bond motifs is 1. The Morgan fingerprint density at radius 2 is 1.67 bits per heavy atom. The largest absolute Gasteiger partial charge is 0.456 e. The van der Waals surface area contributed by atoms with Crippen LogP contribution in [-0.4, -0.2) is 49.6 Å². The van der Waals surface area contributed by atoms with Gasteiger partial charge in [0.1, 0.15) is 5.60 Å². The molecule has 3 rings (SSSR count). The molecule has 1 amide bonds. The van der Waals surface area contributed by atoms with Crippen LogP contribution in [-0.2, 0) is 22.1 Å². The summed E-state index contributed by atoms with van der Waals surface area (Å²) in [5.41, 5.74) is 2.28. The second-order valence-electron chi connectivity index (χ2n) is 12.1. The van der Waals surface area contributed by atoms with Gasteiger partial charge in [-0.15, -0.1) is 0 Å². The Labute approximate surface area is 216 Å². The second kappa shape index (κ2) is 10.3. The van der Waals surface area contributed by atoms with Gasteiger partial charge in [-0.25, -0.2) is 4.79 Å². The quantitative estimate of drug-likeness (QED) is 0.270. The van der Waals surface area contributed by atoms with E-state index in [1.807, 2.05) is 18.2 Å². The molecule has 36 heavy (non-hydrogen) atoms. The average molecular weight is 510 g/mol. The van der Waals surface area contributed by atoms with Crippen molar-refractivity contribution < 1.29 is 23.5 Å². The van der Waals surface area contributed by atoms with Crippen LogP contribution in [0.15, 0.2) is 42.5 Å². The Hall–Kier alpha value is -2.77. The van der Waals surface area contributed by atoms with Crippen LogP contribution in [0.2, 0.25) is 18.1 Å². The maximum atomic E-state index is 14.0. The van der Waals surface area contributed by atoms with Gasteiger partial charge in [-0.05, 0) is 68.6 Å². The molecule has 0 radical (unpaired) electrons. The lowest BCUT2D eigenvalue weighted by atomic mass is 9.93. The van der Waals surface area contributed by atoms with Gasteiger partial charge in [0, 0.05) is 12.1 Å². The highest BCUT2D eigenvalue weighted by atomic mass is 28.4. The van der Waals surface area contributed by atoms with E-state index in [0.29, 0.717) is 25.9 Å². The zero-order chi connectivity index (χ0) is 26.9. The monoisotopic (exact) mass is 509 g/mol. The summed E-state index contributed by atoms with van der Waals surface area (Å²) in [6.07, 6.45) is 1.32. The van der Waals surface area contributed by atoms with Gasteiger partial charge in [0.05, 0.1) is 23.8 Å². The molecule has 1 heterocycles. The molecule has 7 heteroatoms. The van der Waals surface area contributed by atoms with Gasteiger partial charge in [-0.1, -0.05) is 51.1 Å². The SMILES string of the molecule is CC(C)(C)OC(=O)c1ccc(C=O)c(C(=O)N2Cc3ccccc3C[C@H]2CO[Si](C)(C)C(C)(C)C)c1. The second-order valence-corrected chi connectivity index (χ2v) is 16.9. The number of rotatable bonds is 6. The number of nitrogens with zero attached hydrogens (tertiary/aromatic N) is 1. The molecule has 2 aromatic rings. The van der Waals surface area contributed by atoms with Crippen molar-refractivity contribution in [3.05, 3.63) is 70.3 Å². The molecule has 1 aliphatic heterocycles. The molecule has 0 saturated heterocycles. The Bertz CT molecular complexity index is 1140. The molecule has 0 saturated carbocycles. The number of hydrogen-bond acceptors (Lipinski definition) is 5. The standard InChI is InChI=1S/C29H39NO5Si/c1-28(2,3)35-27(33)21-13-14-23(18-31)25(16-21)26(32)30-17-22-12-10-9-11-20(22)15-24(30)19-34-36(7,8)29(4,5)6/h9-14,16,18,24H,15,17,19H2,1-8H3/t24-/m0/s1. The molecule has 0 spiro atoms. The van der Waals surface area contributed by atoms with E-state index in [-0.39, 0.29) is 33.7 Å². The number of benzene rings is 2. The summed E-state index contributed by atoms with van der Waals surface area (Å²) in [4.78, 5) is 40.3. The minimum Gasteiger partial charge on any atom is -0.456 e. The fourth-order valence-electron chi connectivity index (χ4n) is 3.96. The summed E-state index contributed by atoms with van der Waals surface area (Å²) < 4.78 is 12.0. The van der Waals surface area contributed by atoms with E-state index in [4.69, 9.17) is 9.16 Å². The number of hydrogen-bond donors (Lipinski definition) is 0. The first-order valence-electron chi connectivity index (χ1n) is 12.5. The number of ether oxygens (including phenoxy) is 1. The maximum Gasteiger partial charge on any atom is 0.338 e. The van der Waals surface area contributed by atoms with Crippen LogP contribution in [0, 0.1) is 0 Å². The van der Waals surface area contributed by atoms with E-state index in [2.05, 4.69) is 39.9 Å². The van der Waals surface area contributed by atoms with Crippen molar-refractivity contribution in [1.29, 1.82) is 0 Å². The highest BCUT2D eigenvalue weighted by molar-refractivity contribution is 6.74. The van der Waals surface area contributed by atoms with Gasteiger partial charge in [0.2, 0.25) is 0 Å². The maximum absolute atomic E-state index is 14.0. The highest BCUT2D eigenvalue weighted by Crippen LogP contribution is 2.37. The highest BCUT2D eigenvalue weighted by Gasteiger charge is 2.39. The molecule has 1 aliphatic rings. The van der Waals surface area contributed by atoms with Gasteiger partial charge in [0.15, 0.2) is 14.6 Å². The number of aldehydes is 1. The topological polar surface area (TPSA) is 72.9 Å². The Kier molecular flexibility index (Phi) is 7.96. The molecule has 0 bridgehead atoms. The fraction of sp³-hybridized carbons (Fsp3) is 0.483. The van der Waals surface area contributed by atoms with Crippen molar-refractivity contribution >= 4 is 26.5 Å². The molecule has 0 unspecified atom stereocenters. The summed E-state index contributed by atoms with van der Waals surface area (Å²) in [6, 6.07) is 12.4. The van der Waals surface area contributed by atoms with Gasteiger partial charge < -0.3 is 14.1 Å². The third-order valence-electron chi connectivity index (χ3n) is 7.10. The van der Waals surface area contributed by atoms with Crippen LogP contribution >= 0.6 is 0 Å². The van der Waals surface area contributed by atoms with E-state index in [9.17, 15) is 14.4 Å². The number of esters is 1. The van der Waals surface area contributed by atoms with Crippen molar-refractivity contribution in [1.82, 2.24) is 4.90 Å². The van der Waals surface area contributed by atoms with Crippen LogP contribution in [0.5, 0.6) is 0 Å². The van der Waals surface area contributed by atoms with Crippen molar-refractivity contribution in [2.45, 2.75) is 84.3 Å². The Morgan fingerprint density at radius 3 is 2.25 bits per heavy atom. The molecule has 0 N–H and O–H groups in total. The first-order chi connectivity index (χ1) is 16.6. The third kappa shape index (κ3) is 6.31. The summed E-state index contributed by atoms with van der Waals surface area (Å²) in [7, 11) is -2.04. The molecule has 0 fully saturated rings. The predicted octanol–water partition coefficient (Wildman–Crippen LogP) is 6.04. The van der Waals surface area contributed by atoms with Crippen LogP contribution in [0.4, 0.5) is 0 Å². The Balaban J connectivity index is 1.97. The smallest absolute Gasteiger partial charge is 0.338 e. The molecule has 194 valence electrons. The van der Waals surface area contributed by atoms with E-state index in [1.54, 1.807) is 25.7 Å². The number of carbonyl (C=O) groups excluding carboxylic acids is 3. The fourth-order valence-corrected chi connectivity index (χ4v) is 5.00. The lowest BCUT2D eigenvalue weighted by Gasteiger charge is -2.41. The van der Waals surface area contributed by atoms with Crippen LogP contribution < -0.4 is 0 Å². The lowest BCUT2D eigenvalue weighted by molar-refractivity contribution is 0.00693. The zero-order valence-corrected chi connectivity index (χ0v) is 23.8. The van der Waals surface area contributed by atoms with Crippen molar-refractivity contribution in [3.63, 3.8) is 0 Å². The molecule has 6 nitrogen and oxygen atoms in total. The van der Waals surface area contributed by atoms with E-state index < -0.39 is 19.9 Å².